The third kappa shape index (κ3) is 4.71. The van der Waals surface area contributed by atoms with Crippen molar-refractivity contribution in [2.75, 3.05) is 13.7 Å². The molecule has 9 nitrogen and oxygen atoms in total. The first-order valence-electron chi connectivity index (χ1n) is 12.3. The molecule has 4 atom stereocenters. The Labute approximate surface area is 201 Å². The lowest BCUT2D eigenvalue weighted by Crippen LogP contribution is -2.67. The average molecular weight is 472 g/mol. The molecule has 2 saturated heterocycles. The van der Waals surface area contributed by atoms with Crippen molar-refractivity contribution < 1.29 is 19.1 Å². The average Bonchev–Trinajstić information content (AvgIpc) is 3.11. The summed E-state index contributed by atoms with van der Waals surface area (Å²) in [6.45, 7) is 8.94. The molecular formula is C25H37N5O4. The number of methoxy groups -OCH3 is 1. The number of urea groups is 1. The zero-order valence-electron chi connectivity index (χ0n) is 20.8. The number of nitrogens with one attached hydrogen (secondary N) is 2. The maximum absolute atomic E-state index is 13.7. The molecule has 186 valence electrons. The van der Waals surface area contributed by atoms with Gasteiger partial charge in [0.15, 0.2) is 6.29 Å². The zero-order chi connectivity index (χ0) is 24.6. The quantitative estimate of drug-likeness (QED) is 0.637. The lowest BCUT2D eigenvalue weighted by Gasteiger charge is -2.50. The molecule has 9 heteroatoms. The SMILES string of the molecule is COc1cccc(CN2NC3N(CC(C)C)C(=O)C4CCC(C(=O)NC(C)C)CC4N3C2=O)c1. The van der Waals surface area contributed by atoms with E-state index in [1.54, 1.807) is 12.1 Å². The fourth-order valence-electron chi connectivity index (χ4n) is 5.41. The maximum Gasteiger partial charge on any atom is 0.337 e. The first-order valence-corrected chi connectivity index (χ1v) is 12.3. The van der Waals surface area contributed by atoms with E-state index >= 15 is 0 Å². The van der Waals surface area contributed by atoms with Gasteiger partial charge < -0.3 is 15.0 Å². The van der Waals surface area contributed by atoms with Crippen LogP contribution in [-0.2, 0) is 16.1 Å². The largest absolute Gasteiger partial charge is 0.497 e. The van der Waals surface area contributed by atoms with Crippen molar-refractivity contribution in [3.8, 4) is 5.75 Å². The van der Waals surface area contributed by atoms with Crippen molar-refractivity contribution in [1.29, 1.82) is 0 Å². The number of rotatable bonds is 7. The molecule has 4 unspecified atom stereocenters. The molecule has 0 bridgehead atoms. The highest BCUT2D eigenvalue weighted by Crippen LogP contribution is 2.41. The molecule has 3 fully saturated rings. The summed E-state index contributed by atoms with van der Waals surface area (Å²) in [4.78, 5) is 43.6. The first-order chi connectivity index (χ1) is 16.2. The number of nitrogens with zero attached hydrogens (tertiary/aromatic N) is 3. The number of carbonyl (C=O) groups is 3. The Kier molecular flexibility index (Phi) is 7.02. The van der Waals surface area contributed by atoms with Crippen LogP contribution in [0.4, 0.5) is 4.79 Å². The van der Waals surface area contributed by atoms with Crippen LogP contribution in [0.15, 0.2) is 24.3 Å². The summed E-state index contributed by atoms with van der Waals surface area (Å²) >= 11 is 0. The van der Waals surface area contributed by atoms with Crippen LogP contribution in [0, 0.1) is 17.8 Å². The van der Waals surface area contributed by atoms with Crippen LogP contribution in [0.25, 0.3) is 0 Å². The van der Waals surface area contributed by atoms with Gasteiger partial charge in [0, 0.05) is 24.5 Å². The minimum absolute atomic E-state index is 0.00917. The molecule has 2 aliphatic heterocycles. The summed E-state index contributed by atoms with van der Waals surface area (Å²) in [6.07, 6.45) is 1.23. The minimum Gasteiger partial charge on any atom is -0.497 e. The number of ether oxygens (including phenoxy) is 1. The van der Waals surface area contributed by atoms with Crippen molar-refractivity contribution in [1.82, 2.24) is 25.6 Å². The van der Waals surface area contributed by atoms with E-state index in [1.165, 1.54) is 0 Å². The third-order valence-electron chi connectivity index (χ3n) is 6.89. The molecule has 2 N–H and O–H groups in total. The number of fused-ring (bicyclic) bond motifs is 3. The first kappa shape index (κ1) is 24.3. The molecule has 4 amide bonds. The fraction of sp³-hybridized carbons (Fsp3) is 0.640. The highest BCUT2D eigenvalue weighted by Gasteiger charge is 2.56. The van der Waals surface area contributed by atoms with E-state index in [9.17, 15) is 14.4 Å². The van der Waals surface area contributed by atoms with Crippen LogP contribution in [0.3, 0.4) is 0 Å². The summed E-state index contributed by atoms with van der Waals surface area (Å²) in [5.41, 5.74) is 4.22. The summed E-state index contributed by atoms with van der Waals surface area (Å²) in [5.74, 6) is 0.598. The van der Waals surface area contributed by atoms with Crippen molar-refractivity contribution in [2.45, 2.75) is 71.9 Å². The second-order valence-electron chi connectivity index (χ2n) is 10.4. The Morgan fingerprint density at radius 1 is 1.21 bits per heavy atom. The van der Waals surface area contributed by atoms with Crippen LogP contribution in [-0.4, -0.2) is 64.7 Å². The number of hydrogen-bond acceptors (Lipinski definition) is 5. The lowest BCUT2D eigenvalue weighted by atomic mass is 9.75. The van der Waals surface area contributed by atoms with E-state index in [2.05, 4.69) is 24.6 Å². The van der Waals surface area contributed by atoms with E-state index < -0.39 is 6.29 Å². The van der Waals surface area contributed by atoms with Crippen LogP contribution in [0.2, 0.25) is 0 Å². The van der Waals surface area contributed by atoms with Gasteiger partial charge in [0.2, 0.25) is 11.8 Å². The van der Waals surface area contributed by atoms with Gasteiger partial charge in [-0.1, -0.05) is 26.0 Å². The van der Waals surface area contributed by atoms with Gasteiger partial charge in [0.05, 0.1) is 19.6 Å². The lowest BCUT2D eigenvalue weighted by molar-refractivity contribution is -0.159. The molecule has 1 aromatic rings. The summed E-state index contributed by atoms with van der Waals surface area (Å²) in [7, 11) is 1.61. The Morgan fingerprint density at radius 2 is 1.97 bits per heavy atom. The molecule has 0 aromatic heterocycles. The molecule has 4 rings (SSSR count). The standard InChI is InChI=1S/C25H37N5O4/c1-15(2)13-28-23(32)20-10-9-18(22(31)26-16(3)4)12-21(20)30-24(28)27-29(25(30)33)14-17-7-6-8-19(11-17)34-5/h6-8,11,15-16,18,20-21,24,27H,9-10,12-14H2,1-5H3,(H,26,31). The second kappa shape index (κ2) is 9.82. The zero-order valence-corrected chi connectivity index (χ0v) is 20.8. The van der Waals surface area contributed by atoms with Crippen LogP contribution in [0.1, 0.15) is 52.5 Å². The van der Waals surface area contributed by atoms with Gasteiger partial charge in [0.25, 0.3) is 0 Å². The highest BCUT2D eigenvalue weighted by atomic mass is 16.5. The predicted octanol–water partition coefficient (Wildman–Crippen LogP) is 2.53. The molecule has 2 heterocycles. The normalized spacial score (nSPS) is 26.7. The number of hydrogen-bond donors (Lipinski definition) is 2. The Morgan fingerprint density at radius 3 is 2.65 bits per heavy atom. The predicted molar refractivity (Wildman–Crippen MR) is 127 cm³/mol. The van der Waals surface area contributed by atoms with Gasteiger partial charge in [-0.05, 0) is 56.7 Å². The van der Waals surface area contributed by atoms with Gasteiger partial charge in [-0.2, -0.15) is 5.43 Å². The Balaban J connectivity index is 1.60. The van der Waals surface area contributed by atoms with Gasteiger partial charge >= 0.3 is 6.03 Å². The molecule has 0 spiro atoms. The van der Waals surface area contributed by atoms with Crippen LogP contribution >= 0.6 is 0 Å². The molecule has 1 aromatic carbocycles. The van der Waals surface area contributed by atoms with Crippen LogP contribution < -0.4 is 15.5 Å². The highest BCUT2D eigenvalue weighted by molar-refractivity contribution is 5.87. The van der Waals surface area contributed by atoms with Crippen molar-refractivity contribution >= 4 is 17.8 Å². The maximum atomic E-state index is 13.7. The smallest absolute Gasteiger partial charge is 0.337 e. The summed E-state index contributed by atoms with van der Waals surface area (Å²) in [5, 5.41) is 4.59. The van der Waals surface area contributed by atoms with Crippen LogP contribution in [0.5, 0.6) is 5.75 Å². The van der Waals surface area contributed by atoms with Crippen molar-refractivity contribution in [3.63, 3.8) is 0 Å². The van der Waals surface area contributed by atoms with E-state index in [0.717, 1.165) is 11.3 Å². The van der Waals surface area contributed by atoms with E-state index in [1.807, 2.05) is 47.9 Å². The number of carbonyl (C=O) groups excluding carboxylic acids is 3. The van der Waals surface area contributed by atoms with Crippen molar-refractivity contribution in [3.05, 3.63) is 29.8 Å². The number of benzene rings is 1. The van der Waals surface area contributed by atoms with Gasteiger partial charge in [-0.25, -0.2) is 4.79 Å². The Bertz CT molecular complexity index is 936. The monoisotopic (exact) mass is 471 g/mol. The van der Waals surface area contributed by atoms with Gasteiger partial charge in [-0.15, -0.1) is 0 Å². The number of hydrazine groups is 1. The van der Waals surface area contributed by atoms with Gasteiger partial charge in [0.1, 0.15) is 5.75 Å². The van der Waals surface area contributed by atoms with E-state index in [-0.39, 0.29) is 47.7 Å². The molecule has 1 aliphatic carbocycles. The second-order valence-corrected chi connectivity index (χ2v) is 10.4. The number of amides is 4. The minimum atomic E-state index is -0.541. The summed E-state index contributed by atoms with van der Waals surface area (Å²) < 4.78 is 5.32. The van der Waals surface area contributed by atoms with E-state index in [4.69, 9.17) is 4.74 Å². The molecular weight excluding hydrogens is 434 g/mol. The van der Waals surface area contributed by atoms with Crippen molar-refractivity contribution in [2.24, 2.45) is 17.8 Å². The third-order valence-corrected chi connectivity index (χ3v) is 6.89. The molecule has 3 aliphatic rings. The van der Waals surface area contributed by atoms with Gasteiger partial charge in [-0.3, -0.25) is 19.5 Å². The summed E-state index contributed by atoms with van der Waals surface area (Å²) in [6, 6.07) is 7.21. The molecule has 1 saturated carbocycles. The van der Waals surface area contributed by atoms with E-state index in [0.29, 0.717) is 32.4 Å². The Hall–Kier alpha value is -2.81. The molecule has 34 heavy (non-hydrogen) atoms. The topological polar surface area (TPSA) is 94.2 Å². The fourth-order valence-corrected chi connectivity index (χ4v) is 5.41. The molecule has 0 radical (unpaired) electrons.